The van der Waals surface area contributed by atoms with Crippen molar-refractivity contribution >= 4 is 11.7 Å². The fourth-order valence-electron chi connectivity index (χ4n) is 0.621. The second-order valence-corrected chi connectivity index (χ2v) is 2.30. The van der Waals surface area contributed by atoms with Crippen LogP contribution in [0.1, 0.15) is 33.6 Å². The van der Waals surface area contributed by atoms with Crippen molar-refractivity contribution in [1.29, 1.82) is 0 Å². The van der Waals surface area contributed by atoms with E-state index in [1.165, 1.54) is 13.0 Å². The molecule has 0 aliphatic rings. The summed E-state index contributed by atoms with van der Waals surface area (Å²) in [5.41, 5.74) is 0. The third-order valence-corrected chi connectivity index (χ3v) is 1.19. The number of carbonyl (C=O) groups is 2. The van der Waals surface area contributed by atoms with Gasteiger partial charge in [-0.1, -0.05) is 20.4 Å². The van der Waals surface area contributed by atoms with E-state index in [2.05, 4.69) is 11.9 Å². The second-order valence-electron chi connectivity index (χ2n) is 2.30. The molecule has 0 aromatic carbocycles. The Bertz CT molecular complexity index is 164. The van der Waals surface area contributed by atoms with Crippen LogP contribution >= 0.6 is 0 Å². The molecular weight excluding hydrogens is 166 g/mol. The van der Waals surface area contributed by atoms with Crippen LogP contribution in [0.2, 0.25) is 0 Å². The highest BCUT2D eigenvalue weighted by molar-refractivity contribution is 5.86. The average Bonchev–Trinajstić information content (AvgIpc) is 2.15. The summed E-state index contributed by atoms with van der Waals surface area (Å²) < 4.78 is 0. The number of hydrogen-bond donors (Lipinski definition) is 1. The number of ketones is 1. The molecule has 0 aromatic rings. The van der Waals surface area contributed by atoms with Crippen LogP contribution in [0.15, 0.2) is 12.7 Å². The van der Waals surface area contributed by atoms with Gasteiger partial charge >= 0.3 is 0 Å². The molecule has 3 nitrogen and oxygen atoms in total. The van der Waals surface area contributed by atoms with Crippen molar-refractivity contribution in [1.82, 2.24) is 5.32 Å². The van der Waals surface area contributed by atoms with Crippen molar-refractivity contribution in [3.63, 3.8) is 0 Å². The Labute approximate surface area is 80.2 Å². The Kier molecular flexibility index (Phi) is 12.1. The van der Waals surface area contributed by atoms with E-state index in [4.69, 9.17) is 0 Å². The molecule has 0 saturated carbocycles. The lowest BCUT2D eigenvalue weighted by molar-refractivity contribution is -0.118. The molecule has 0 radical (unpaired) electrons. The van der Waals surface area contributed by atoms with E-state index in [1.807, 2.05) is 13.8 Å². The van der Waals surface area contributed by atoms with E-state index in [9.17, 15) is 9.59 Å². The molecule has 0 aliphatic heterocycles. The number of amides is 1. The molecular formula is C10H19NO2. The number of rotatable bonds is 5. The first-order chi connectivity index (χ1) is 6.16. The van der Waals surface area contributed by atoms with Crippen LogP contribution < -0.4 is 5.32 Å². The van der Waals surface area contributed by atoms with E-state index in [0.29, 0.717) is 19.4 Å². The highest BCUT2D eigenvalue weighted by Crippen LogP contribution is 1.87. The maximum Gasteiger partial charge on any atom is 0.243 e. The minimum Gasteiger partial charge on any atom is -0.353 e. The van der Waals surface area contributed by atoms with E-state index >= 15 is 0 Å². The summed E-state index contributed by atoms with van der Waals surface area (Å²) in [4.78, 5) is 21.0. The van der Waals surface area contributed by atoms with Gasteiger partial charge in [0.2, 0.25) is 5.91 Å². The minimum atomic E-state index is -0.187. The molecule has 76 valence electrons. The molecule has 1 amide bonds. The molecule has 13 heavy (non-hydrogen) atoms. The van der Waals surface area contributed by atoms with Gasteiger partial charge in [0.05, 0.1) is 0 Å². The Morgan fingerprint density at radius 2 is 1.92 bits per heavy atom. The smallest absolute Gasteiger partial charge is 0.243 e. The van der Waals surface area contributed by atoms with E-state index in [-0.39, 0.29) is 11.7 Å². The van der Waals surface area contributed by atoms with Crippen LogP contribution in [0, 0.1) is 0 Å². The number of nitrogens with one attached hydrogen (secondary N) is 1. The van der Waals surface area contributed by atoms with Crippen LogP contribution in [-0.2, 0) is 9.59 Å². The van der Waals surface area contributed by atoms with Crippen LogP contribution in [0.4, 0.5) is 0 Å². The fourth-order valence-corrected chi connectivity index (χ4v) is 0.621. The number of hydrogen-bond acceptors (Lipinski definition) is 2. The van der Waals surface area contributed by atoms with Gasteiger partial charge in [-0.3, -0.25) is 4.79 Å². The Morgan fingerprint density at radius 3 is 2.31 bits per heavy atom. The zero-order valence-electron chi connectivity index (χ0n) is 8.72. The van der Waals surface area contributed by atoms with Gasteiger partial charge in [0.1, 0.15) is 5.78 Å². The molecule has 0 unspecified atom stereocenters. The largest absolute Gasteiger partial charge is 0.353 e. The standard InChI is InChI=1S/C8H13NO2.C2H6/c1-3-8(11)9-6-4-5-7(2)10;1-2/h3H,1,4-6H2,2H3,(H,9,11);1-2H3. The predicted molar refractivity (Wildman–Crippen MR) is 54.5 cm³/mol. The van der Waals surface area contributed by atoms with E-state index in [1.54, 1.807) is 0 Å². The fraction of sp³-hybridized carbons (Fsp3) is 0.600. The van der Waals surface area contributed by atoms with Gasteiger partial charge in [0.25, 0.3) is 0 Å². The molecule has 0 heterocycles. The zero-order chi connectivity index (χ0) is 10.7. The normalized spacial score (nSPS) is 7.92. The molecule has 1 N–H and O–H groups in total. The van der Waals surface area contributed by atoms with E-state index < -0.39 is 0 Å². The number of carbonyl (C=O) groups excluding carboxylic acids is 2. The van der Waals surface area contributed by atoms with Crippen molar-refractivity contribution in [3.8, 4) is 0 Å². The second kappa shape index (κ2) is 10.9. The van der Waals surface area contributed by atoms with Gasteiger partial charge in [-0.25, -0.2) is 0 Å². The molecule has 0 rings (SSSR count). The summed E-state index contributed by atoms with van der Waals surface area (Å²) in [6.45, 7) is 9.38. The topological polar surface area (TPSA) is 46.2 Å². The van der Waals surface area contributed by atoms with Gasteiger partial charge < -0.3 is 10.1 Å². The molecule has 0 aliphatic carbocycles. The van der Waals surface area contributed by atoms with Gasteiger partial charge in [-0.15, -0.1) is 0 Å². The zero-order valence-corrected chi connectivity index (χ0v) is 8.72. The highest BCUT2D eigenvalue weighted by atomic mass is 16.1. The third kappa shape index (κ3) is 13.8. The van der Waals surface area contributed by atoms with Crippen molar-refractivity contribution in [2.75, 3.05) is 6.54 Å². The van der Waals surface area contributed by atoms with Gasteiger partial charge in [0.15, 0.2) is 0 Å². The quantitative estimate of drug-likeness (QED) is 0.523. The molecule has 0 atom stereocenters. The van der Waals surface area contributed by atoms with E-state index in [0.717, 1.165) is 0 Å². The molecule has 0 aromatic heterocycles. The lowest BCUT2D eigenvalue weighted by Gasteiger charge is -1.98. The average molecular weight is 185 g/mol. The van der Waals surface area contributed by atoms with Crippen molar-refractivity contribution in [2.45, 2.75) is 33.6 Å². The van der Waals surface area contributed by atoms with Crippen LogP contribution in [-0.4, -0.2) is 18.2 Å². The first-order valence-corrected chi connectivity index (χ1v) is 4.56. The minimum absolute atomic E-state index is 0.151. The van der Waals surface area contributed by atoms with Crippen LogP contribution in [0.25, 0.3) is 0 Å². The summed E-state index contributed by atoms with van der Waals surface area (Å²) in [7, 11) is 0. The Morgan fingerprint density at radius 1 is 1.38 bits per heavy atom. The van der Waals surface area contributed by atoms with Gasteiger partial charge in [-0.05, 0) is 19.4 Å². The third-order valence-electron chi connectivity index (χ3n) is 1.19. The maximum absolute atomic E-state index is 10.5. The molecule has 0 saturated heterocycles. The monoisotopic (exact) mass is 185 g/mol. The molecule has 0 bridgehead atoms. The van der Waals surface area contributed by atoms with Crippen molar-refractivity contribution in [2.24, 2.45) is 0 Å². The highest BCUT2D eigenvalue weighted by Gasteiger charge is 1.94. The molecule has 0 spiro atoms. The SMILES string of the molecule is C=CC(=O)NCCCC(C)=O.CC. The van der Waals surface area contributed by atoms with Crippen molar-refractivity contribution < 1.29 is 9.59 Å². The molecule has 3 heteroatoms. The summed E-state index contributed by atoms with van der Waals surface area (Å²) in [6, 6.07) is 0. The Balaban J connectivity index is 0. The van der Waals surface area contributed by atoms with Gasteiger partial charge in [0, 0.05) is 13.0 Å². The summed E-state index contributed by atoms with van der Waals surface area (Å²) in [5, 5.41) is 2.58. The first kappa shape index (κ1) is 14.4. The van der Waals surface area contributed by atoms with Crippen LogP contribution in [0.5, 0.6) is 0 Å². The number of Topliss-reactive ketones (excluding diaryl/α,β-unsaturated/α-hetero) is 1. The Hall–Kier alpha value is -1.12. The maximum atomic E-state index is 10.5. The predicted octanol–water partition coefficient (Wildman–Crippen LogP) is 1.68. The lowest BCUT2D eigenvalue weighted by atomic mass is 10.2. The summed E-state index contributed by atoms with van der Waals surface area (Å²) >= 11 is 0. The lowest BCUT2D eigenvalue weighted by Crippen LogP contribution is -2.22. The summed E-state index contributed by atoms with van der Waals surface area (Å²) in [6.07, 6.45) is 2.44. The van der Waals surface area contributed by atoms with Gasteiger partial charge in [-0.2, -0.15) is 0 Å². The first-order valence-electron chi connectivity index (χ1n) is 4.56. The van der Waals surface area contributed by atoms with Crippen molar-refractivity contribution in [3.05, 3.63) is 12.7 Å². The van der Waals surface area contributed by atoms with Crippen LogP contribution in [0.3, 0.4) is 0 Å². The molecule has 0 fully saturated rings. The summed E-state index contributed by atoms with van der Waals surface area (Å²) in [5.74, 6) is -0.0357.